The van der Waals surface area contributed by atoms with E-state index < -0.39 is 11.7 Å². The molecule has 0 unspecified atom stereocenters. The van der Waals surface area contributed by atoms with Crippen molar-refractivity contribution in [3.63, 3.8) is 0 Å². The van der Waals surface area contributed by atoms with Gasteiger partial charge in [0, 0.05) is 74.3 Å². The highest BCUT2D eigenvalue weighted by Gasteiger charge is 2.35. The van der Waals surface area contributed by atoms with Crippen LogP contribution in [0.25, 0.3) is 0 Å². The van der Waals surface area contributed by atoms with Crippen LogP contribution < -0.4 is 15.5 Å². The lowest BCUT2D eigenvalue weighted by atomic mass is 9.92. The molecule has 2 aromatic rings. The topological polar surface area (TPSA) is 47.6 Å². The Labute approximate surface area is 233 Å². The number of piperidine rings is 1. The van der Waals surface area contributed by atoms with Crippen LogP contribution in [-0.4, -0.2) is 62.4 Å². The number of benzene rings is 2. The largest absolute Gasteiger partial charge is 0.418 e. The number of fused-ring (bicyclic) bond motifs is 1. The molecule has 0 radical (unpaired) electrons. The molecule has 5 rings (SSSR count). The number of alkyl halides is 3. The molecule has 0 aromatic heterocycles. The minimum absolute atomic E-state index is 0.0687. The lowest BCUT2D eigenvalue weighted by Crippen LogP contribution is -2.44. The molecule has 3 aliphatic rings. The van der Waals surface area contributed by atoms with E-state index in [2.05, 4.69) is 28.8 Å². The van der Waals surface area contributed by atoms with Crippen molar-refractivity contribution in [2.75, 3.05) is 61.8 Å². The Morgan fingerprint density at radius 2 is 1.79 bits per heavy atom. The van der Waals surface area contributed by atoms with Crippen molar-refractivity contribution in [2.24, 2.45) is 5.92 Å². The van der Waals surface area contributed by atoms with Gasteiger partial charge in [0.25, 0.3) is 0 Å². The van der Waals surface area contributed by atoms with Crippen LogP contribution in [0.2, 0.25) is 0 Å². The van der Waals surface area contributed by atoms with Crippen molar-refractivity contribution in [1.82, 2.24) is 10.2 Å². The van der Waals surface area contributed by atoms with Gasteiger partial charge in [-0.05, 0) is 79.8 Å². The van der Waals surface area contributed by atoms with Gasteiger partial charge in [-0.15, -0.1) is 11.8 Å². The van der Waals surface area contributed by atoms with Gasteiger partial charge < -0.3 is 20.4 Å². The molecule has 9 heteroatoms. The molecule has 2 fully saturated rings. The highest BCUT2D eigenvalue weighted by atomic mass is 32.2. The van der Waals surface area contributed by atoms with E-state index in [1.54, 1.807) is 22.6 Å². The second kappa shape index (κ2) is 12.9. The molecule has 2 N–H and O–H groups in total. The number of rotatable bonds is 8. The summed E-state index contributed by atoms with van der Waals surface area (Å²) in [6.45, 7) is 4.28. The predicted molar refractivity (Wildman–Crippen MR) is 153 cm³/mol. The molecule has 39 heavy (non-hydrogen) atoms. The van der Waals surface area contributed by atoms with Crippen LogP contribution >= 0.6 is 11.8 Å². The van der Waals surface area contributed by atoms with Crippen molar-refractivity contribution in [2.45, 2.75) is 56.0 Å². The third-order valence-electron chi connectivity index (χ3n) is 8.22. The second-order valence-electron chi connectivity index (χ2n) is 10.9. The highest BCUT2D eigenvalue weighted by Crippen LogP contribution is 2.38. The Balaban J connectivity index is 1.07. The van der Waals surface area contributed by atoms with Gasteiger partial charge in [-0.2, -0.15) is 13.2 Å². The molecule has 0 spiro atoms. The minimum atomic E-state index is -4.43. The highest BCUT2D eigenvalue weighted by molar-refractivity contribution is 7.99. The average Bonchev–Trinajstić information content (AvgIpc) is 2.96. The first-order valence-corrected chi connectivity index (χ1v) is 15.3. The van der Waals surface area contributed by atoms with Crippen LogP contribution in [-0.2, 0) is 23.8 Å². The number of amides is 1. The number of thioether (sulfide) groups is 1. The monoisotopic (exact) mass is 560 g/mol. The van der Waals surface area contributed by atoms with Crippen molar-refractivity contribution in [3.05, 3.63) is 53.1 Å². The first-order valence-electron chi connectivity index (χ1n) is 14.3. The smallest absolute Gasteiger partial charge is 0.385 e. The van der Waals surface area contributed by atoms with Gasteiger partial charge in [-0.3, -0.25) is 4.79 Å². The van der Waals surface area contributed by atoms with Gasteiger partial charge in [-0.1, -0.05) is 12.1 Å². The van der Waals surface area contributed by atoms with Gasteiger partial charge in [-0.25, -0.2) is 0 Å². The summed E-state index contributed by atoms with van der Waals surface area (Å²) in [5, 5.41) is 6.22. The molecule has 1 aliphatic carbocycles. The fourth-order valence-electron chi connectivity index (χ4n) is 5.96. The molecule has 2 aromatic carbocycles. The summed E-state index contributed by atoms with van der Waals surface area (Å²) in [6.07, 6.45) is 2.81. The van der Waals surface area contributed by atoms with E-state index in [0.717, 1.165) is 31.7 Å². The number of aryl methyl sites for hydroxylation is 1. The Morgan fingerprint density at radius 1 is 1.03 bits per heavy atom. The van der Waals surface area contributed by atoms with Gasteiger partial charge in [0.2, 0.25) is 5.91 Å². The summed E-state index contributed by atoms with van der Waals surface area (Å²) in [6, 6.07) is 11.1. The Hall–Kier alpha value is -2.39. The van der Waals surface area contributed by atoms with E-state index >= 15 is 0 Å². The van der Waals surface area contributed by atoms with E-state index in [-0.39, 0.29) is 18.0 Å². The third kappa shape index (κ3) is 7.23. The van der Waals surface area contributed by atoms with E-state index in [1.807, 2.05) is 16.7 Å². The van der Waals surface area contributed by atoms with Gasteiger partial charge in [0.15, 0.2) is 0 Å². The number of halogens is 3. The molecule has 0 saturated carbocycles. The Bertz CT molecular complexity index is 1130. The average molecular weight is 561 g/mol. The number of carbonyl (C=O) groups is 1. The number of piperazine rings is 1. The number of hydrogen-bond acceptors (Lipinski definition) is 5. The molecule has 212 valence electrons. The number of anilines is 2. The quantitative estimate of drug-likeness (QED) is 0.398. The van der Waals surface area contributed by atoms with Crippen LogP contribution in [0.4, 0.5) is 24.5 Å². The van der Waals surface area contributed by atoms with Crippen LogP contribution in [0.3, 0.4) is 0 Å². The molecular formula is C30H39F3N4OS. The molecule has 2 heterocycles. The number of nitrogens with one attached hydrogen (secondary N) is 2. The van der Waals surface area contributed by atoms with Gasteiger partial charge in [0.1, 0.15) is 0 Å². The minimum Gasteiger partial charge on any atom is -0.385 e. The SMILES string of the molecule is O=C(CCNc1ccc(N2CCNCC2)c(C(F)(F)F)c1)N1CCC(CSc2cccc3c2CCCC3)CC1. The zero-order valence-electron chi connectivity index (χ0n) is 22.5. The van der Waals surface area contributed by atoms with E-state index in [1.165, 1.54) is 42.2 Å². The summed E-state index contributed by atoms with van der Waals surface area (Å²) in [4.78, 5) is 17.9. The number of nitrogens with zero attached hydrogens (tertiary/aromatic N) is 2. The predicted octanol–water partition coefficient (Wildman–Crippen LogP) is 5.83. The molecule has 5 nitrogen and oxygen atoms in total. The summed E-state index contributed by atoms with van der Waals surface area (Å²) in [5.41, 5.74) is 3.06. The fraction of sp³-hybridized carbons (Fsp3) is 0.567. The first-order chi connectivity index (χ1) is 18.9. The zero-order chi connectivity index (χ0) is 27.2. The third-order valence-corrected chi connectivity index (χ3v) is 9.55. The zero-order valence-corrected chi connectivity index (χ0v) is 23.3. The molecule has 1 amide bonds. The Morgan fingerprint density at radius 3 is 2.56 bits per heavy atom. The van der Waals surface area contributed by atoms with Gasteiger partial charge in [0.05, 0.1) is 5.56 Å². The normalized spacial score (nSPS) is 18.6. The van der Waals surface area contributed by atoms with E-state index in [4.69, 9.17) is 0 Å². The lowest BCUT2D eigenvalue weighted by Gasteiger charge is -2.32. The summed E-state index contributed by atoms with van der Waals surface area (Å²) in [5.74, 6) is 1.76. The summed E-state index contributed by atoms with van der Waals surface area (Å²) < 4.78 is 41.4. The number of carbonyl (C=O) groups excluding carboxylic acids is 1. The van der Waals surface area contributed by atoms with Gasteiger partial charge >= 0.3 is 6.18 Å². The van der Waals surface area contributed by atoms with E-state index in [9.17, 15) is 18.0 Å². The maximum Gasteiger partial charge on any atom is 0.418 e. The fourth-order valence-corrected chi connectivity index (χ4v) is 7.30. The molecule has 2 saturated heterocycles. The van der Waals surface area contributed by atoms with Crippen LogP contribution in [0.5, 0.6) is 0 Å². The number of likely N-dealkylation sites (tertiary alicyclic amines) is 1. The molecular weight excluding hydrogens is 521 g/mol. The standard InChI is InChI=1S/C30H39F3N4OS/c31-30(32,33)26-20-24(8-9-27(26)36-18-14-34-15-19-36)35-13-10-29(38)37-16-11-22(12-17-37)21-39-28-7-3-5-23-4-1-2-6-25(23)28/h3,5,7-9,20,22,34-35H,1-2,4,6,10-19,21H2. The Kier molecular flexibility index (Phi) is 9.28. The van der Waals surface area contributed by atoms with Crippen molar-refractivity contribution >= 4 is 29.0 Å². The van der Waals surface area contributed by atoms with Crippen LogP contribution in [0, 0.1) is 5.92 Å². The molecule has 0 bridgehead atoms. The maximum absolute atomic E-state index is 13.8. The summed E-state index contributed by atoms with van der Waals surface area (Å²) in [7, 11) is 0. The second-order valence-corrected chi connectivity index (χ2v) is 11.9. The van der Waals surface area contributed by atoms with E-state index in [0.29, 0.717) is 44.3 Å². The van der Waals surface area contributed by atoms with Crippen molar-refractivity contribution in [3.8, 4) is 0 Å². The summed E-state index contributed by atoms with van der Waals surface area (Å²) >= 11 is 1.98. The van der Waals surface area contributed by atoms with Crippen molar-refractivity contribution < 1.29 is 18.0 Å². The number of hydrogen-bond donors (Lipinski definition) is 2. The molecule has 2 aliphatic heterocycles. The van der Waals surface area contributed by atoms with Crippen LogP contribution in [0.1, 0.15) is 48.8 Å². The van der Waals surface area contributed by atoms with Crippen LogP contribution in [0.15, 0.2) is 41.3 Å². The molecule has 0 atom stereocenters. The van der Waals surface area contributed by atoms with Crippen molar-refractivity contribution in [1.29, 1.82) is 0 Å². The lowest BCUT2D eigenvalue weighted by molar-refractivity contribution is -0.137. The maximum atomic E-state index is 13.8. The first kappa shape index (κ1) is 28.1.